The number of esters is 1. The largest absolute Gasteiger partial charge is 0.507 e. The van der Waals surface area contributed by atoms with Crippen molar-refractivity contribution in [3.8, 4) is 11.5 Å². The van der Waals surface area contributed by atoms with Gasteiger partial charge in [0.1, 0.15) is 23.7 Å². The zero-order chi connectivity index (χ0) is 15.1. The van der Waals surface area contributed by atoms with Gasteiger partial charge in [-0.25, -0.2) is 4.79 Å². The molecule has 0 atom stereocenters. The Labute approximate surface area is 118 Å². The first-order valence-corrected chi connectivity index (χ1v) is 6.13. The molecule has 0 aliphatic carbocycles. The number of carbonyl (C=O) groups excluding carboxylic acids is 1. The lowest BCUT2D eigenvalue weighted by atomic mass is 9.98. The molecule has 20 heavy (non-hydrogen) atoms. The van der Waals surface area contributed by atoms with E-state index in [4.69, 9.17) is 4.74 Å². The maximum atomic E-state index is 11.9. The molecule has 0 fully saturated rings. The number of phenolic OH excluding ortho intramolecular Hbond substituents is 2. The number of hydrogen-bond donors (Lipinski definition) is 2. The minimum Gasteiger partial charge on any atom is -0.507 e. The smallest absolute Gasteiger partial charge is 0.346 e. The molecule has 0 saturated carbocycles. The Balaban J connectivity index is 3.37. The molecular formula is C16H18O4. The molecule has 0 saturated heterocycles. The van der Waals surface area contributed by atoms with E-state index in [0.717, 1.165) is 0 Å². The highest BCUT2D eigenvalue weighted by Gasteiger charge is 2.23. The number of carbonyl (C=O) groups is 1. The van der Waals surface area contributed by atoms with Crippen LogP contribution in [-0.2, 0) is 17.6 Å². The number of hydrogen-bond acceptors (Lipinski definition) is 4. The maximum absolute atomic E-state index is 11.9. The van der Waals surface area contributed by atoms with E-state index in [1.807, 2.05) is 0 Å². The fraction of sp³-hybridized carbons (Fsp3) is 0.188. The van der Waals surface area contributed by atoms with Crippen molar-refractivity contribution in [3.63, 3.8) is 0 Å². The third-order valence-electron chi connectivity index (χ3n) is 2.70. The Kier molecular flexibility index (Phi) is 5.59. The zero-order valence-corrected chi connectivity index (χ0v) is 11.3. The van der Waals surface area contributed by atoms with Crippen LogP contribution in [0.5, 0.6) is 11.5 Å². The number of ether oxygens (including phenoxy) is 1. The SMILES string of the molecule is C=CCOC(=O)c1c(O)c(CC=C)cc(CC=C)c1O. The first-order chi connectivity index (χ1) is 9.56. The van der Waals surface area contributed by atoms with Crippen molar-refractivity contribution < 1.29 is 19.7 Å². The van der Waals surface area contributed by atoms with Gasteiger partial charge in [-0.1, -0.05) is 24.8 Å². The standard InChI is InChI=1S/C16H18O4/c1-4-7-11-10-12(8-5-2)15(18)13(14(11)17)16(19)20-9-6-3/h4-6,10,17-18H,1-3,7-9H2. The van der Waals surface area contributed by atoms with Gasteiger partial charge < -0.3 is 14.9 Å². The average Bonchev–Trinajstić information content (AvgIpc) is 2.42. The molecule has 1 rings (SSSR count). The van der Waals surface area contributed by atoms with Crippen molar-refractivity contribution in [3.05, 3.63) is 60.7 Å². The lowest BCUT2D eigenvalue weighted by Crippen LogP contribution is -2.08. The Bertz CT molecular complexity index is 510. The van der Waals surface area contributed by atoms with Crippen LogP contribution in [0.1, 0.15) is 21.5 Å². The van der Waals surface area contributed by atoms with Crippen LogP contribution < -0.4 is 0 Å². The molecule has 106 valence electrons. The van der Waals surface area contributed by atoms with E-state index in [2.05, 4.69) is 19.7 Å². The number of allylic oxidation sites excluding steroid dienone is 2. The summed E-state index contributed by atoms with van der Waals surface area (Å²) >= 11 is 0. The summed E-state index contributed by atoms with van der Waals surface area (Å²) in [5.41, 5.74) is 0.767. The summed E-state index contributed by atoms with van der Waals surface area (Å²) in [4.78, 5) is 11.9. The molecule has 4 heteroatoms. The van der Waals surface area contributed by atoms with E-state index in [-0.39, 0.29) is 23.7 Å². The summed E-state index contributed by atoms with van der Waals surface area (Å²) in [7, 11) is 0. The van der Waals surface area contributed by atoms with E-state index in [1.54, 1.807) is 18.2 Å². The molecule has 4 nitrogen and oxygen atoms in total. The Morgan fingerprint density at radius 1 is 1.05 bits per heavy atom. The predicted octanol–water partition coefficient (Wildman–Crippen LogP) is 2.90. The topological polar surface area (TPSA) is 66.8 Å². The summed E-state index contributed by atoms with van der Waals surface area (Å²) in [5.74, 6) is -1.37. The molecule has 0 aliphatic heterocycles. The second-order valence-electron chi connectivity index (χ2n) is 4.14. The molecule has 0 amide bonds. The van der Waals surface area contributed by atoms with Gasteiger partial charge in [0.25, 0.3) is 0 Å². The fourth-order valence-electron chi connectivity index (χ4n) is 1.80. The van der Waals surface area contributed by atoms with Crippen molar-refractivity contribution in [1.82, 2.24) is 0 Å². The highest BCUT2D eigenvalue weighted by Crippen LogP contribution is 2.35. The van der Waals surface area contributed by atoms with Crippen molar-refractivity contribution in [1.29, 1.82) is 0 Å². The van der Waals surface area contributed by atoms with Gasteiger partial charge in [-0.3, -0.25) is 0 Å². The predicted molar refractivity (Wildman–Crippen MR) is 78.1 cm³/mol. The van der Waals surface area contributed by atoms with Gasteiger partial charge in [-0.15, -0.1) is 13.2 Å². The van der Waals surface area contributed by atoms with Crippen molar-refractivity contribution in [2.75, 3.05) is 6.61 Å². The van der Waals surface area contributed by atoms with Crippen molar-refractivity contribution >= 4 is 5.97 Å². The van der Waals surface area contributed by atoms with E-state index >= 15 is 0 Å². The second kappa shape index (κ2) is 7.19. The van der Waals surface area contributed by atoms with Gasteiger partial charge in [0.15, 0.2) is 0 Å². The van der Waals surface area contributed by atoms with Gasteiger partial charge in [-0.05, 0) is 30.0 Å². The zero-order valence-electron chi connectivity index (χ0n) is 11.3. The second-order valence-corrected chi connectivity index (χ2v) is 4.14. The molecule has 0 spiro atoms. The molecule has 0 bridgehead atoms. The first-order valence-electron chi connectivity index (χ1n) is 6.13. The summed E-state index contributed by atoms with van der Waals surface area (Å²) in [6, 6.07) is 1.62. The van der Waals surface area contributed by atoms with E-state index in [1.165, 1.54) is 6.08 Å². The maximum Gasteiger partial charge on any atom is 0.346 e. The van der Waals surface area contributed by atoms with Gasteiger partial charge in [0.05, 0.1) is 0 Å². The Morgan fingerprint density at radius 2 is 1.55 bits per heavy atom. The Morgan fingerprint density at radius 3 is 1.95 bits per heavy atom. The number of phenols is 2. The molecule has 2 N–H and O–H groups in total. The third kappa shape index (κ3) is 3.29. The monoisotopic (exact) mass is 274 g/mol. The minimum atomic E-state index is -0.795. The van der Waals surface area contributed by atoms with Crippen LogP contribution in [0.15, 0.2) is 44.0 Å². The molecule has 0 aromatic heterocycles. The highest BCUT2D eigenvalue weighted by atomic mass is 16.5. The van der Waals surface area contributed by atoms with Crippen LogP contribution in [0.3, 0.4) is 0 Å². The quantitative estimate of drug-likeness (QED) is 0.592. The summed E-state index contributed by atoms with van der Waals surface area (Å²) in [5, 5.41) is 20.2. The molecule has 0 unspecified atom stereocenters. The van der Waals surface area contributed by atoms with Crippen molar-refractivity contribution in [2.24, 2.45) is 0 Å². The normalized spacial score (nSPS) is 9.80. The lowest BCUT2D eigenvalue weighted by Gasteiger charge is -2.13. The molecule has 1 aromatic carbocycles. The van der Waals surface area contributed by atoms with Crippen LogP contribution in [-0.4, -0.2) is 22.8 Å². The molecule has 0 radical (unpaired) electrons. The van der Waals surface area contributed by atoms with E-state index in [0.29, 0.717) is 24.0 Å². The molecule has 0 heterocycles. The summed E-state index contributed by atoms with van der Waals surface area (Å²) in [6.07, 6.45) is 5.35. The van der Waals surface area contributed by atoms with Crippen LogP contribution in [0, 0.1) is 0 Å². The van der Waals surface area contributed by atoms with Gasteiger partial charge in [0.2, 0.25) is 0 Å². The number of aromatic hydroxyl groups is 2. The average molecular weight is 274 g/mol. The molecule has 1 aromatic rings. The van der Waals surface area contributed by atoms with Crippen LogP contribution in [0.4, 0.5) is 0 Å². The fourth-order valence-corrected chi connectivity index (χ4v) is 1.80. The third-order valence-corrected chi connectivity index (χ3v) is 2.70. The minimum absolute atomic E-state index is 0.000189. The van der Waals surface area contributed by atoms with Gasteiger partial charge >= 0.3 is 5.97 Å². The Hall–Kier alpha value is -2.49. The highest BCUT2D eigenvalue weighted by molar-refractivity contribution is 5.96. The van der Waals surface area contributed by atoms with Gasteiger partial charge in [-0.2, -0.15) is 0 Å². The van der Waals surface area contributed by atoms with Crippen molar-refractivity contribution in [2.45, 2.75) is 12.8 Å². The van der Waals surface area contributed by atoms with E-state index < -0.39 is 5.97 Å². The summed E-state index contributed by atoms with van der Waals surface area (Å²) < 4.78 is 4.88. The van der Waals surface area contributed by atoms with Gasteiger partial charge in [0, 0.05) is 0 Å². The number of rotatable bonds is 7. The van der Waals surface area contributed by atoms with Crippen LogP contribution in [0.25, 0.3) is 0 Å². The number of benzene rings is 1. The molecular weight excluding hydrogens is 256 g/mol. The van der Waals surface area contributed by atoms with Crippen LogP contribution >= 0.6 is 0 Å². The summed E-state index contributed by atoms with van der Waals surface area (Å²) in [6.45, 7) is 10.6. The van der Waals surface area contributed by atoms with E-state index in [9.17, 15) is 15.0 Å². The molecule has 0 aliphatic rings. The first kappa shape index (κ1) is 15.6. The van der Waals surface area contributed by atoms with Crippen LogP contribution in [0.2, 0.25) is 0 Å². The lowest BCUT2D eigenvalue weighted by molar-refractivity contribution is 0.0542.